The highest BCUT2D eigenvalue weighted by molar-refractivity contribution is 5.67. The molecule has 1 fully saturated rings. The smallest absolute Gasteiger partial charge is 0.303 e. The number of aliphatic carboxylic acids is 1. The molecule has 1 unspecified atom stereocenters. The lowest BCUT2D eigenvalue weighted by Crippen LogP contribution is -2.36. The maximum Gasteiger partial charge on any atom is 0.303 e. The molecule has 1 aromatic rings. The van der Waals surface area contributed by atoms with Crippen molar-refractivity contribution >= 4 is 17.6 Å². The summed E-state index contributed by atoms with van der Waals surface area (Å²) >= 11 is 0. The van der Waals surface area contributed by atoms with Gasteiger partial charge in [-0.1, -0.05) is 0 Å². The minimum atomic E-state index is -0.722. The second kappa shape index (κ2) is 5.66. The van der Waals surface area contributed by atoms with Gasteiger partial charge in [-0.05, 0) is 18.8 Å². The number of piperidine rings is 1. The van der Waals surface area contributed by atoms with Gasteiger partial charge in [-0.15, -0.1) is 0 Å². The first-order chi connectivity index (χ1) is 8.69. The lowest BCUT2D eigenvalue weighted by molar-refractivity contribution is -0.138. The van der Waals surface area contributed by atoms with Crippen LogP contribution < -0.4 is 10.2 Å². The molecule has 98 valence electrons. The Bertz CT molecular complexity index is 424. The van der Waals surface area contributed by atoms with E-state index < -0.39 is 5.97 Å². The molecule has 1 aliphatic rings. The second-order valence-corrected chi connectivity index (χ2v) is 4.56. The quantitative estimate of drug-likeness (QED) is 0.836. The van der Waals surface area contributed by atoms with E-state index in [1.807, 2.05) is 13.1 Å². The highest BCUT2D eigenvalue weighted by atomic mass is 16.4. The molecule has 2 heterocycles. The van der Waals surface area contributed by atoms with Crippen LogP contribution >= 0.6 is 0 Å². The topological polar surface area (TPSA) is 78.4 Å². The van der Waals surface area contributed by atoms with E-state index in [9.17, 15) is 4.79 Å². The van der Waals surface area contributed by atoms with Crippen molar-refractivity contribution in [2.24, 2.45) is 5.92 Å². The largest absolute Gasteiger partial charge is 0.481 e. The SMILES string of the molecule is CNc1cc(N2CCCC(CC(=O)O)C2)ncn1. The summed E-state index contributed by atoms with van der Waals surface area (Å²) in [5.74, 6) is 1.13. The maximum absolute atomic E-state index is 10.8. The van der Waals surface area contributed by atoms with Gasteiger partial charge in [-0.25, -0.2) is 9.97 Å². The molecule has 6 heteroatoms. The van der Waals surface area contributed by atoms with E-state index in [4.69, 9.17) is 5.11 Å². The number of aromatic nitrogens is 2. The van der Waals surface area contributed by atoms with E-state index in [-0.39, 0.29) is 12.3 Å². The van der Waals surface area contributed by atoms with Crippen LogP contribution in [0.15, 0.2) is 12.4 Å². The van der Waals surface area contributed by atoms with Gasteiger partial charge < -0.3 is 15.3 Å². The van der Waals surface area contributed by atoms with Crippen LogP contribution in [-0.2, 0) is 4.79 Å². The summed E-state index contributed by atoms with van der Waals surface area (Å²) in [6.45, 7) is 1.68. The molecule has 0 aromatic carbocycles. The predicted octanol–water partition coefficient (Wildman–Crippen LogP) is 1.21. The Balaban J connectivity index is 2.05. The van der Waals surface area contributed by atoms with Crippen LogP contribution in [0, 0.1) is 5.92 Å². The van der Waals surface area contributed by atoms with Crippen LogP contribution in [-0.4, -0.2) is 41.2 Å². The van der Waals surface area contributed by atoms with Gasteiger partial charge in [-0.3, -0.25) is 4.79 Å². The van der Waals surface area contributed by atoms with Crippen molar-refractivity contribution in [1.29, 1.82) is 0 Å². The van der Waals surface area contributed by atoms with Crippen LogP contribution in [0.3, 0.4) is 0 Å². The Morgan fingerprint density at radius 2 is 2.44 bits per heavy atom. The molecule has 1 aliphatic heterocycles. The molecule has 1 saturated heterocycles. The minimum Gasteiger partial charge on any atom is -0.481 e. The molecule has 0 amide bonds. The van der Waals surface area contributed by atoms with Crippen LogP contribution in [0.5, 0.6) is 0 Å². The number of hydrogen-bond acceptors (Lipinski definition) is 5. The number of carbonyl (C=O) groups is 1. The summed E-state index contributed by atoms with van der Waals surface area (Å²) in [7, 11) is 1.82. The molecule has 2 N–H and O–H groups in total. The van der Waals surface area contributed by atoms with Crippen molar-refractivity contribution in [3.8, 4) is 0 Å². The molecule has 0 aliphatic carbocycles. The van der Waals surface area contributed by atoms with E-state index in [1.54, 1.807) is 0 Å². The number of carboxylic acid groups (broad SMARTS) is 1. The summed E-state index contributed by atoms with van der Waals surface area (Å²) < 4.78 is 0. The van der Waals surface area contributed by atoms with E-state index in [0.29, 0.717) is 0 Å². The molecule has 0 spiro atoms. The Hall–Kier alpha value is -1.85. The van der Waals surface area contributed by atoms with Gasteiger partial charge in [-0.2, -0.15) is 0 Å². The van der Waals surface area contributed by atoms with Crippen LogP contribution in [0.4, 0.5) is 11.6 Å². The molecule has 1 aromatic heterocycles. The summed E-state index contributed by atoms with van der Waals surface area (Å²) in [6, 6.07) is 1.89. The Morgan fingerprint density at radius 1 is 1.61 bits per heavy atom. The van der Waals surface area contributed by atoms with Crippen LogP contribution in [0.2, 0.25) is 0 Å². The highest BCUT2D eigenvalue weighted by Gasteiger charge is 2.23. The standard InChI is InChI=1S/C12H18N4O2/c1-13-10-6-11(15-8-14-10)16-4-2-3-9(7-16)5-12(17)18/h6,8-9H,2-5,7H2,1H3,(H,17,18)(H,13,14,15). The first-order valence-electron chi connectivity index (χ1n) is 6.15. The number of carboxylic acids is 1. The summed E-state index contributed by atoms with van der Waals surface area (Å²) in [5.41, 5.74) is 0. The van der Waals surface area contributed by atoms with E-state index in [0.717, 1.165) is 37.6 Å². The van der Waals surface area contributed by atoms with E-state index in [1.165, 1.54) is 6.33 Å². The summed E-state index contributed by atoms with van der Waals surface area (Å²) in [6.07, 6.45) is 3.76. The lowest BCUT2D eigenvalue weighted by atomic mass is 9.95. The fraction of sp³-hybridized carbons (Fsp3) is 0.583. The molecule has 0 bridgehead atoms. The average molecular weight is 250 g/mol. The molecule has 2 rings (SSSR count). The molecule has 6 nitrogen and oxygen atoms in total. The van der Waals surface area contributed by atoms with E-state index >= 15 is 0 Å². The predicted molar refractivity (Wildman–Crippen MR) is 68.8 cm³/mol. The third-order valence-corrected chi connectivity index (χ3v) is 3.22. The fourth-order valence-electron chi connectivity index (χ4n) is 2.34. The number of anilines is 2. The van der Waals surface area contributed by atoms with Gasteiger partial charge in [0.05, 0.1) is 0 Å². The Morgan fingerprint density at radius 3 is 3.17 bits per heavy atom. The van der Waals surface area contributed by atoms with Gasteiger partial charge in [0.25, 0.3) is 0 Å². The van der Waals surface area contributed by atoms with Crippen LogP contribution in [0.25, 0.3) is 0 Å². The Labute approximate surface area is 106 Å². The highest BCUT2D eigenvalue weighted by Crippen LogP contribution is 2.24. The lowest BCUT2D eigenvalue weighted by Gasteiger charge is -2.32. The molecule has 18 heavy (non-hydrogen) atoms. The molecular weight excluding hydrogens is 232 g/mol. The number of hydrogen-bond donors (Lipinski definition) is 2. The summed E-state index contributed by atoms with van der Waals surface area (Å²) in [5, 5.41) is 11.8. The average Bonchev–Trinajstić information content (AvgIpc) is 2.38. The van der Waals surface area contributed by atoms with Gasteiger partial charge in [0.15, 0.2) is 0 Å². The molecule has 1 atom stereocenters. The zero-order chi connectivity index (χ0) is 13.0. The zero-order valence-corrected chi connectivity index (χ0v) is 10.5. The number of nitrogens with one attached hydrogen (secondary N) is 1. The third-order valence-electron chi connectivity index (χ3n) is 3.22. The van der Waals surface area contributed by atoms with Gasteiger partial charge >= 0.3 is 5.97 Å². The molecule has 0 radical (unpaired) electrons. The van der Waals surface area contributed by atoms with Crippen molar-refractivity contribution in [2.75, 3.05) is 30.4 Å². The molecule has 0 saturated carbocycles. The summed E-state index contributed by atoms with van der Waals surface area (Å²) in [4.78, 5) is 21.2. The van der Waals surface area contributed by atoms with Crippen molar-refractivity contribution in [1.82, 2.24) is 9.97 Å². The molecular formula is C12H18N4O2. The zero-order valence-electron chi connectivity index (χ0n) is 10.5. The first-order valence-corrected chi connectivity index (χ1v) is 6.15. The second-order valence-electron chi connectivity index (χ2n) is 4.56. The van der Waals surface area contributed by atoms with Gasteiger partial charge in [0, 0.05) is 32.6 Å². The van der Waals surface area contributed by atoms with Crippen molar-refractivity contribution in [3.05, 3.63) is 12.4 Å². The third kappa shape index (κ3) is 3.09. The van der Waals surface area contributed by atoms with Gasteiger partial charge in [0.2, 0.25) is 0 Å². The first kappa shape index (κ1) is 12.6. The van der Waals surface area contributed by atoms with Crippen molar-refractivity contribution in [2.45, 2.75) is 19.3 Å². The number of rotatable bonds is 4. The van der Waals surface area contributed by atoms with Gasteiger partial charge in [0.1, 0.15) is 18.0 Å². The fourth-order valence-corrected chi connectivity index (χ4v) is 2.34. The van der Waals surface area contributed by atoms with Crippen molar-refractivity contribution < 1.29 is 9.90 Å². The Kier molecular flexibility index (Phi) is 3.96. The van der Waals surface area contributed by atoms with E-state index in [2.05, 4.69) is 20.2 Å². The van der Waals surface area contributed by atoms with Crippen molar-refractivity contribution in [3.63, 3.8) is 0 Å². The minimum absolute atomic E-state index is 0.212. The number of nitrogens with zero attached hydrogens (tertiary/aromatic N) is 3. The van der Waals surface area contributed by atoms with Crippen LogP contribution in [0.1, 0.15) is 19.3 Å². The normalized spacial score (nSPS) is 19.6. The maximum atomic E-state index is 10.8. The monoisotopic (exact) mass is 250 g/mol.